The maximum Gasteiger partial charge on any atom is 0.349 e. The number of sulfonamides is 1. The summed E-state index contributed by atoms with van der Waals surface area (Å²) in [5.41, 5.74) is 0. The van der Waals surface area contributed by atoms with Gasteiger partial charge in [-0.05, 0) is 19.0 Å². The van der Waals surface area contributed by atoms with Gasteiger partial charge in [-0.1, -0.05) is 18.2 Å². The van der Waals surface area contributed by atoms with E-state index in [0.717, 1.165) is 29.0 Å². The second kappa shape index (κ2) is 6.56. The molecule has 1 fully saturated rings. The number of hydrogen-bond donors (Lipinski definition) is 1. The Labute approximate surface area is 139 Å². The monoisotopic (exact) mass is 354 g/mol. The van der Waals surface area contributed by atoms with Crippen LogP contribution in [0.15, 0.2) is 29.2 Å². The van der Waals surface area contributed by atoms with Gasteiger partial charge in [-0.15, -0.1) is 11.3 Å². The fourth-order valence-electron chi connectivity index (χ4n) is 2.70. The highest BCUT2D eigenvalue weighted by Gasteiger charge is 2.33. The van der Waals surface area contributed by atoms with Crippen molar-refractivity contribution in [2.24, 2.45) is 0 Å². The fraction of sp³-hybridized carbons (Fsp3) is 0.400. The van der Waals surface area contributed by atoms with Gasteiger partial charge in [0.15, 0.2) is 0 Å². The van der Waals surface area contributed by atoms with Crippen LogP contribution < -0.4 is 5.32 Å². The van der Waals surface area contributed by atoms with Crippen LogP contribution in [0, 0.1) is 0 Å². The zero-order chi connectivity index (χ0) is 16.4. The van der Waals surface area contributed by atoms with Crippen LogP contribution in [0.4, 0.5) is 0 Å². The molecule has 2 heterocycles. The van der Waals surface area contributed by atoms with E-state index in [1.807, 2.05) is 12.1 Å². The molecule has 0 atom stereocenters. The molecule has 6 nitrogen and oxygen atoms in total. The smallest absolute Gasteiger partial charge is 0.349 e. The van der Waals surface area contributed by atoms with Gasteiger partial charge in [0.1, 0.15) is 9.77 Å². The maximum atomic E-state index is 13.2. The zero-order valence-electron chi connectivity index (χ0n) is 12.7. The van der Waals surface area contributed by atoms with Gasteiger partial charge in [-0.2, -0.15) is 4.31 Å². The van der Waals surface area contributed by atoms with Crippen LogP contribution in [0.2, 0.25) is 0 Å². The summed E-state index contributed by atoms with van der Waals surface area (Å²) in [4.78, 5) is 12.3. The number of carbonyl (C=O) groups excluding carboxylic acids is 1. The SMILES string of the molecule is COC(=O)c1sc2ccccc2c1S(=O)(=O)N1CCCNCC1. The van der Waals surface area contributed by atoms with Crippen molar-refractivity contribution >= 4 is 37.4 Å². The lowest BCUT2D eigenvalue weighted by molar-refractivity contribution is 0.0602. The number of benzene rings is 1. The number of methoxy groups -OCH3 is 1. The van der Waals surface area contributed by atoms with Crippen LogP contribution in [0.1, 0.15) is 16.1 Å². The fourth-order valence-corrected chi connectivity index (χ4v) is 5.95. The van der Waals surface area contributed by atoms with Crippen LogP contribution in [0.3, 0.4) is 0 Å². The summed E-state index contributed by atoms with van der Waals surface area (Å²) in [7, 11) is -2.49. The third kappa shape index (κ3) is 2.99. The van der Waals surface area contributed by atoms with Crippen LogP contribution in [0.5, 0.6) is 0 Å². The number of rotatable bonds is 3. The average molecular weight is 354 g/mol. The Morgan fingerprint density at radius 2 is 2.04 bits per heavy atom. The van der Waals surface area contributed by atoms with E-state index in [-0.39, 0.29) is 9.77 Å². The molecule has 0 bridgehead atoms. The Kier molecular flexibility index (Phi) is 4.67. The van der Waals surface area contributed by atoms with E-state index in [0.29, 0.717) is 25.0 Å². The van der Waals surface area contributed by atoms with Gasteiger partial charge in [0.2, 0.25) is 10.0 Å². The van der Waals surface area contributed by atoms with Crippen molar-refractivity contribution in [3.8, 4) is 0 Å². The highest BCUT2D eigenvalue weighted by Crippen LogP contribution is 2.36. The molecule has 8 heteroatoms. The highest BCUT2D eigenvalue weighted by atomic mass is 32.2. The summed E-state index contributed by atoms with van der Waals surface area (Å²) >= 11 is 1.16. The summed E-state index contributed by atoms with van der Waals surface area (Å²) < 4.78 is 33.3. The van der Waals surface area contributed by atoms with E-state index in [4.69, 9.17) is 4.74 Å². The van der Waals surface area contributed by atoms with Crippen LogP contribution in [0.25, 0.3) is 10.1 Å². The number of thiophene rings is 1. The molecule has 124 valence electrons. The Hall–Kier alpha value is -1.48. The van der Waals surface area contributed by atoms with Crippen LogP contribution in [-0.2, 0) is 14.8 Å². The van der Waals surface area contributed by atoms with Gasteiger partial charge < -0.3 is 10.1 Å². The molecule has 1 saturated heterocycles. The minimum Gasteiger partial charge on any atom is -0.465 e. The van der Waals surface area contributed by atoms with Gasteiger partial charge in [-0.3, -0.25) is 0 Å². The molecule has 1 aromatic carbocycles. The second-order valence-corrected chi connectivity index (χ2v) is 8.18. The molecule has 3 rings (SSSR count). The van der Waals surface area contributed by atoms with Gasteiger partial charge in [0, 0.05) is 29.7 Å². The largest absolute Gasteiger partial charge is 0.465 e. The van der Waals surface area contributed by atoms with Crippen molar-refractivity contribution in [3.63, 3.8) is 0 Å². The molecular weight excluding hydrogens is 336 g/mol. The predicted molar refractivity (Wildman–Crippen MR) is 89.4 cm³/mol. The number of esters is 1. The third-order valence-corrected chi connectivity index (χ3v) is 7.08. The molecule has 0 unspecified atom stereocenters. The first-order chi connectivity index (χ1) is 11.1. The molecule has 1 N–H and O–H groups in total. The third-order valence-electron chi connectivity index (χ3n) is 3.82. The lowest BCUT2D eigenvalue weighted by atomic mass is 10.2. The lowest BCUT2D eigenvalue weighted by Gasteiger charge is -2.20. The predicted octanol–water partition coefficient (Wildman–Crippen LogP) is 1.67. The van der Waals surface area contributed by atoms with E-state index in [9.17, 15) is 13.2 Å². The number of carbonyl (C=O) groups is 1. The maximum absolute atomic E-state index is 13.2. The summed E-state index contributed by atoms with van der Waals surface area (Å²) in [5.74, 6) is -0.613. The van der Waals surface area contributed by atoms with Gasteiger partial charge in [-0.25, -0.2) is 13.2 Å². The van der Waals surface area contributed by atoms with E-state index in [1.165, 1.54) is 11.4 Å². The van der Waals surface area contributed by atoms with E-state index in [1.54, 1.807) is 12.1 Å². The Morgan fingerprint density at radius 1 is 1.26 bits per heavy atom. The van der Waals surface area contributed by atoms with Gasteiger partial charge >= 0.3 is 5.97 Å². The highest BCUT2D eigenvalue weighted by molar-refractivity contribution is 7.89. The molecule has 0 spiro atoms. The van der Waals surface area contributed by atoms with Crippen LogP contribution >= 0.6 is 11.3 Å². The second-order valence-electron chi connectivity index (χ2n) is 5.26. The molecule has 0 saturated carbocycles. The molecule has 2 aromatic rings. The number of nitrogens with one attached hydrogen (secondary N) is 1. The molecule has 0 radical (unpaired) electrons. The first kappa shape index (κ1) is 16.4. The minimum atomic E-state index is -3.75. The van der Waals surface area contributed by atoms with Crippen molar-refractivity contribution in [3.05, 3.63) is 29.1 Å². The van der Waals surface area contributed by atoms with Gasteiger partial charge in [0.25, 0.3) is 0 Å². The molecule has 0 amide bonds. The van der Waals surface area contributed by atoms with Crippen molar-refractivity contribution in [1.82, 2.24) is 9.62 Å². The van der Waals surface area contributed by atoms with Crippen molar-refractivity contribution < 1.29 is 17.9 Å². The van der Waals surface area contributed by atoms with Gasteiger partial charge in [0.05, 0.1) is 7.11 Å². The Balaban J connectivity index is 2.18. The molecule has 23 heavy (non-hydrogen) atoms. The quantitative estimate of drug-likeness (QED) is 0.849. The standard InChI is InChI=1S/C15H18N2O4S2/c1-21-15(18)13-14(11-5-2-3-6-12(11)22-13)23(19,20)17-9-4-7-16-8-10-17/h2-3,5-6,16H,4,7-10H2,1H3. The Bertz CT molecular complexity index is 821. The zero-order valence-corrected chi connectivity index (χ0v) is 14.4. The average Bonchev–Trinajstić information content (AvgIpc) is 2.74. The Morgan fingerprint density at radius 3 is 2.83 bits per heavy atom. The van der Waals surface area contributed by atoms with E-state index in [2.05, 4.69) is 5.32 Å². The summed E-state index contributed by atoms with van der Waals surface area (Å²) in [6.45, 7) is 2.24. The summed E-state index contributed by atoms with van der Waals surface area (Å²) in [6.07, 6.45) is 0.745. The van der Waals surface area contributed by atoms with Crippen molar-refractivity contribution in [2.75, 3.05) is 33.3 Å². The first-order valence-electron chi connectivity index (χ1n) is 7.36. The molecule has 1 aliphatic rings. The minimum absolute atomic E-state index is 0.0758. The molecular formula is C15H18N2O4S2. The van der Waals surface area contributed by atoms with E-state index < -0.39 is 16.0 Å². The number of ether oxygens (including phenoxy) is 1. The topological polar surface area (TPSA) is 75.7 Å². The number of nitrogens with zero attached hydrogens (tertiary/aromatic N) is 1. The molecule has 1 aromatic heterocycles. The molecule has 1 aliphatic heterocycles. The van der Waals surface area contributed by atoms with Crippen LogP contribution in [-0.4, -0.2) is 52.0 Å². The number of fused-ring (bicyclic) bond motifs is 1. The van der Waals surface area contributed by atoms with Crippen molar-refractivity contribution in [2.45, 2.75) is 11.3 Å². The number of hydrogen-bond acceptors (Lipinski definition) is 6. The molecule has 0 aliphatic carbocycles. The van der Waals surface area contributed by atoms with E-state index >= 15 is 0 Å². The van der Waals surface area contributed by atoms with Crippen molar-refractivity contribution in [1.29, 1.82) is 0 Å². The summed E-state index contributed by atoms with van der Waals surface area (Å²) in [5, 5.41) is 3.76. The summed E-state index contributed by atoms with van der Waals surface area (Å²) in [6, 6.07) is 7.15. The first-order valence-corrected chi connectivity index (χ1v) is 9.62. The normalized spacial score (nSPS) is 17.1. The lowest BCUT2D eigenvalue weighted by Crippen LogP contribution is -2.34.